The zero-order valence-corrected chi connectivity index (χ0v) is 46.9. The molecule has 0 saturated carbocycles. The summed E-state index contributed by atoms with van der Waals surface area (Å²) in [6.07, 6.45) is 12.2. The van der Waals surface area contributed by atoms with Crippen LogP contribution >= 0.6 is 0 Å². The largest absolute Gasteiger partial charge is 0.481 e. The second-order valence-electron chi connectivity index (χ2n) is 18.4. The van der Waals surface area contributed by atoms with Crippen LogP contribution < -0.4 is 10.6 Å². The van der Waals surface area contributed by atoms with E-state index >= 15 is 0 Å². The Bertz CT molecular complexity index is 4130. The molecule has 0 spiro atoms. The fourth-order valence-electron chi connectivity index (χ4n) is 7.55. The third-order valence-corrected chi connectivity index (χ3v) is 15.2. The van der Waals surface area contributed by atoms with E-state index < -0.39 is 43.2 Å². The van der Waals surface area contributed by atoms with Crippen LogP contribution in [0, 0.1) is 37.5 Å². The van der Waals surface area contributed by atoms with Crippen molar-refractivity contribution < 1.29 is 61.0 Å². The first-order valence-electron chi connectivity index (χ1n) is 25.3. The number of carbonyl (C=O) groups is 6. The van der Waals surface area contributed by atoms with Crippen LogP contribution in [-0.4, -0.2) is 89.9 Å². The minimum atomic E-state index is -3.07. The number of hydrogen-bond acceptors (Lipinski definition) is 14. The number of amides is 4. The van der Waals surface area contributed by atoms with E-state index in [0.717, 1.165) is 22.3 Å². The molecule has 0 fully saturated rings. The number of ether oxygens (including phenoxy) is 1. The average molecular weight is 1160 g/mol. The third-order valence-electron chi connectivity index (χ3n) is 11.9. The van der Waals surface area contributed by atoms with Crippen LogP contribution in [0.25, 0.3) is 0 Å². The van der Waals surface area contributed by atoms with Crippen molar-refractivity contribution in [3.05, 3.63) is 226 Å². The fraction of sp³-hybridized carbons (Fsp3) is 0.161. The van der Waals surface area contributed by atoms with E-state index in [1.807, 2.05) is 0 Å². The van der Waals surface area contributed by atoms with E-state index in [0.29, 0.717) is 56.3 Å². The van der Waals surface area contributed by atoms with Crippen LogP contribution in [0.3, 0.4) is 0 Å². The summed E-state index contributed by atoms with van der Waals surface area (Å²) >= 11 is 0. The second-order valence-corrected chi connectivity index (χ2v) is 22.9. The summed E-state index contributed by atoms with van der Waals surface area (Å²) < 4.78 is 49.7. The minimum absolute atomic E-state index is 0.0105. The maximum Gasteiger partial charge on any atom is 0.306 e. The van der Waals surface area contributed by atoms with Crippen LogP contribution in [0.1, 0.15) is 99.2 Å². The summed E-state index contributed by atoms with van der Waals surface area (Å²) in [4.78, 5) is 81.8. The number of carboxylic acid groups (broad SMARTS) is 1. The van der Waals surface area contributed by atoms with Crippen LogP contribution in [0.5, 0.6) is 0 Å². The van der Waals surface area contributed by atoms with Crippen LogP contribution in [-0.2, 0) is 46.6 Å². The van der Waals surface area contributed by atoms with Gasteiger partial charge in [-0.2, -0.15) is 8.73 Å². The van der Waals surface area contributed by atoms with Gasteiger partial charge >= 0.3 is 11.9 Å². The van der Waals surface area contributed by atoms with E-state index in [9.17, 15) is 37.2 Å². The topological polar surface area (TPSA) is 287 Å². The molecule has 4 aromatic carbocycles. The maximum absolute atomic E-state index is 13.3. The first kappa shape index (κ1) is 60.6. The summed E-state index contributed by atoms with van der Waals surface area (Å²) in [5.74, 6) is 8.89. The van der Waals surface area contributed by atoms with Gasteiger partial charge in [0, 0.05) is 105 Å². The van der Waals surface area contributed by atoms with Gasteiger partial charge in [0.2, 0.25) is 0 Å². The number of anilines is 2. The molecule has 2 atom stereocenters. The maximum atomic E-state index is 13.3. The monoisotopic (exact) mass is 1150 g/mol. The van der Waals surface area contributed by atoms with Crippen LogP contribution in [0.4, 0.5) is 11.4 Å². The van der Waals surface area contributed by atoms with Crippen molar-refractivity contribution in [1.29, 1.82) is 0 Å². The fourth-order valence-corrected chi connectivity index (χ4v) is 9.89. The second kappa shape index (κ2) is 28.4. The lowest BCUT2D eigenvalue weighted by atomic mass is 10.1. The van der Waals surface area contributed by atoms with Gasteiger partial charge in [-0.1, -0.05) is 60.1 Å². The number of pyridine rings is 2. The van der Waals surface area contributed by atoms with Crippen molar-refractivity contribution in [3.63, 3.8) is 0 Å². The van der Waals surface area contributed by atoms with Gasteiger partial charge in [-0.05, 0) is 123 Å². The van der Waals surface area contributed by atoms with E-state index in [1.54, 1.807) is 123 Å². The molecule has 0 saturated heterocycles. The number of rotatable bonds is 16. The lowest BCUT2D eigenvalue weighted by Crippen LogP contribution is -2.12. The molecule has 0 radical (unpaired) electrons. The predicted octanol–water partition coefficient (Wildman–Crippen LogP) is 9.35. The molecule has 422 valence electrons. The number of carboxylic acids is 1. The number of aromatic nitrogens is 2. The van der Waals surface area contributed by atoms with Gasteiger partial charge in [0.1, 0.15) is 6.61 Å². The van der Waals surface area contributed by atoms with E-state index in [-0.39, 0.29) is 60.5 Å². The summed E-state index contributed by atoms with van der Waals surface area (Å²) in [6, 6.07) is 33.6. The molecular formula is C62H54N6O13S2. The average Bonchev–Trinajstić information content (AvgIpc) is 4.33. The van der Waals surface area contributed by atoms with Crippen molar-refractivity contribution in [1.82, 2.24) is 9.97 Å². The summed E-state index contributed by atoms with van der Waals surface area (Å²) in [7, 11) is -6.12. The molecule has 83 heavy (non-hydrogen) atoms. The van der Waals surface area contributed by atoms with Crippen LogP contribution in [0.2, 0.25) is 0 Å². The van der Waals surface area contributed by atoms with Crippen molar-refractivity contribution >= 4 is 66.4 Å². The van der Waals surface area contributed by atoms with Gasteiger partial charge in [-0.25, -0.2) is 8.42 Å². The highest BCUT2D eigenvalue weighted by molar-refractivity contribution is 7.93. The Balaban J connectivity index is 0.000000239. The van der Waals surface area contributed by atoms with Crippen LogP contribution in [0.15, 0.2) is 186 Å². The SMILES string of the molecule is Cc1ccoc1C(=O)Nc1cccc(C#Cc2cncc(C(=O)N=S(C)(=O)c3ccc(CCC(=O)O)cc3)c2)c1.Cc1ccoc1C(=O)Nc1cccc(C#Cc2cncc(C(=O)N=S(C)(=O)c3ccc(CCC(=O)OCCO)cc3)c2)c1. The zero-order valence-electron chi connectivity index (χ0n) is 45.2. The van der Waals surface area contributed by atoms with Gasteiger partial charge in [-0.3, -0.25) is 38.7 Å². The van der Waals surface area contributed by atoms with Crippen molar-refractivity contribution in [2.45, 2.75) is 49.3 Å². The smallest absolute Gasteiger partial charge is 0.306 e. The highest BCUT2D eigenvalue weighted by atomic mass is 32.2. The van der Waals surface area contributed by atoms with Gasteiger partial charge in [0.05, 0.1) is 49.7 Å². The number of benzene rings is 4. The number of nitrogens with one attached hydrogen (secondary N) is 2. The molecule has 0 aliphatic heterocycles. The molecule has 0 bridgehead atoms. The zero-order chi connectivity index (χ0) is 59.5. The molecule has 0 aliphatic carbocycles. The Kier molecular flexibility index (Phi) is 20.7. The Labute approximate surface area is 478 Å². The normalized spacial score (nSPS) is 11.9. The van der Waals surface area contributed by atoms with Gasteiger partial charge in [-0.15, -0.1) is 0 Å². The minimum Gasteiger partial charge on any atom is -0.481 e. The lowest BCUT2D eigenvalue weighted by Gasteiger charge is -2.07. The first-order chi connectivity index (χ1) is 39.7. The lowest BCUT2D eigenvalue weighted by molar-refractivity contribution is -0.144. The Hall–Kier alpha value is -10.1. The molecule has 4 N–H and O–H groups in total. The number of aliphatic carboxylic acids is 1. The Morgan fingerprint density at radius 2 is 0.988 bits per heavy atom. The molecular weight excluding hydrogens is 1100 g/mol. The predicted molar refractivity (Wildman–Crippen MR) is 310 cm³/mol. The number of nitrogens with zero attached hydrogens (tertiary/aromatic N) is 4. The Morgan fingerprint density at radius 3 is 1.39 bits per heavy atom. The quantitative estimate of drug-likeness (QED) is 0.0518. The number of furan rings is 2. The number of aliphatic hydroxyl groups is 1. The number of aryl methyl sites for hydroxylation is 4. The highest BCUT2D eigenvalue weighted by Gasteiger charge is 2.17. The van der Waals surface area contributed by atoms with Crippen molar-refractivity contribution in [2.75, 3.05) is 36.4 Å². The molecule has 2 unspecified atom stereocenters. The van der Waals surface area contributed by atoms with E-state index in [4.69, 9.17) is 23.8 Å². The molecule has 8 aromatic rings. The van der Waals surface area contributed by atoms with Gasteiger partial charge in [0.15, 0.2) is 11.5 Å². The Morgan fingerprint density at radius 1 is 0.566 bits per heavy atom. The molecule has 4 heterocycles. The van der Waals surface area contributed by atoms with Gasteiger partial charge < -0.3 is 34.4 Å². The van der Waals surface area contributed by atoms with Crippen molar-refractivity contribution in [2.24, 2.45) is 8.73 Å². The molecule has 4 amide bonds. The van der Waals surface area contributed by atoms with E-state index in [1.165, 1.54) is 62.0 Å². The molecule has 19 nitrogen and oxygen atoms in total. The third kappa shape index (κ3) is 18.0. The van der Waals surface area contributed by atoms with E-state index in [2.05, 4.69) is 53.0 Å². The standard InChI is InChI=1S/C32H29N3O7S.C30H25N3O6S/c1-22-14-16-42-30(22)32(39)34-27-5-3-4-24(19-27)6-7-25-18-26(21-33-20-25)31(38)35-43(2,40)28-11-8-23(9-12-28)10-13-29(37)41-17-15-36;1-20-14-15-39-28(20)30(37)32-25-5-3-4-22(17-25)6-7-23-16-24(19-31-18-23)29(36)33-40(2,38)26-11-8-21(9-12-26)10-13-27(34)35/h3-5,8-9,11-12,14,16,18-21,36H,10,13,15,17H2,1-2H3,(H,34,39);3-5,8-9,11-12,14-19H,10,13H2,1-2H3,(H,32,37)(H,34,35). The molecule has 8 rings (SSSR count). The number of carbonyl (C=O) groups excluding carboxylic acids is 5. The van der Waals surface area contributed by atoms with Crippen molar-refractivity contribution in [3.8, 4) is 23.7 Å². The number of aliphatic hydroxyl groups excluding tert-OH is 1. The molecule has 21 heteroatoms. The highest BCUT2D eigenvalue weighted by Crippen LogP contribution is 2.20. The first-order valence-corrected chi connectivity index (χ1v) is 29.1. The molecule has 4 aromatic heterocycles. The number of esters is 1. The summed E-state index contributed by atoms with van der Waals surface area (Å²) in [5, 5.41) is 23.1. The summed E-state index contributed by atoms with van der Waals surface area (Å²) in [5.41, 5.74) is 6.56. The summed E-state index contributed by atoms with van der Waals surface area (Å²) in [6.45, 7) is 3.29. The molecule has 0 aliphatic rings. The number of hydrogen-bond donors (Lipinski definition) is 4. The van der Waals surface area contributed by atoms with Gasteiger partial charge in [0.25, 0.3) is 23.6 Å².